The molecule has 4 fully saturated rings. The predicted molar refractivity (Wildman–Crippen MR) is 101 cm³/mol. The second-order valence-electron chi connectivity index (χ2n) is 9.06. The Balaban J connectivity index is 1.39. The van der Waals surface area contributed by atoms with Crippen molar-refractivity contribution in [2.45, 2.75) is 51.4 Å². The monoisotopic (exact) mass is 349 g/mol. The van der Waals surface area contributed by atoms with Crippen LogP contribution in [0.4, 0.5) is 0 Å². The molecule has 136 valence electrons. The molecule has 26 heavy (non-hydrogen) atoms. The number of nitrogens with zero attached hydrogens (tertiary/aromatic N) is 1. The molecule has 0 aliphatic heterocycles. The van der Waals surface area contributed by atoms with Gasteiger partial charge in [-0.15, -0.1) is 0 Å². The van der Waals surface area contributed by atoms with Gasteiger partial charge >= 0.3 is 0 Å². The average molecular weight is 349 g/mol. The average Bonchev–Trinajstić information content (AvgIpc) is 3.04. The van der Waals surface area contributed by atoms with Gasteiger partial charge < -0.3 is 10.7 Å². The van der Waals surface area contributed by atoms with E-state index in [1.54, 1.807) is 0 Å². The highest BCUT2D eigenvalue weighted by Crippen LogP contribution is 2.61. The zero-order valence-corrected chi connectivity index (χ0v) is 15.2. The maximum Gasteiger partial charge on any atom is 0.269 e. The van der Waals surface area contributed by atoms with Crippen molar-refractivity contribution in [2.75, 3.05) is 0 Å². The highest BCUT2D eigenvalue weighted by molar-refractivity contribution is 5.92. The zero-order valence-electron chi connectivity index (χ0n) is 15.2. The Kier molecular flexibility index (Phi) is 3.70. The Hall–Kier alpha value is -2.10. The molecule has 1 aromatic carbocycles. The lowest BCUT2D eigenvalue weighted by Crippen LogP contribution is -2.46. The van der Waals surface area contributed by atoms with Crippen LogP contribution in [0.2, 0.25) is 0 Å². The predicted octanol–water partition coefficient (Wildman–Crippen LogP) is 4.32. The number of H-pyrrole nitrogens is 1. The summed E-state index contributed by atoms with van der Waals surface area (Å²) in [7, 11) is 0. The van der Waals surface area contributed by atoms with Crippen molar-refractivity contribution in [1.82, 2.24) is 9.97 Å². The second-order valence-corrected chi connectivity index (χ2v) is 9.06. The zero-order chi connectivity index (χ0) is 17.7. The van der Waals surface area contributed by atoms with Crippen LogP contribution in [0.1, 0.15) is 61.1 Å². The minimum atomic E-state index is -0.427. The number of nitrogens with two attached hydrogens (primary N) is 1. The molecule has 3 N–H and O–H groups in total. The lowest BCUT2D eigenvalue weighted by atomic mass is 9.48. The molecule has 4 aliphatic rings. The number of benzene rings is 1. The molecule has 4 bridgehead atoms. The molecule has 0 unspecified atom stereocenters. The van der Waals surface area contributed by atoms with Crippen LogP contribution in [0.3, 0.4) is 0 Å². The minimum absolute atomic E-state index is 0.425. The number of imidazole rings is 1. The van der Waals surface area contributed by atoms with E-state index in [4.69, 9.17) is 5.73 Å². The van der Waals surface area contributed by atoms with Crippen LogP contribution in [0, 0.1) is 23.2 Å². The van der Waals surface area contributed by atoms with Crippen LogP contribution in [-0.4, -0.2) is 15.9 Å². The topological polar surface area (TPSA) is 71.8 Å². The second kappa shape index (κ2) is 5.97. The third-order valence-electron chi connectivity index (χ3n) is 7.13. The summed E-state index contributed by atoms with van der Waals surface area (Å²) in [5, 5.41) is 0. The summed E-state index contributed by atoms with van der Waals surface area (Å²) < 4.78 is 0. The molecule has 4 aliphatic carbocycles. The van der Waals surface area contributed by atoms with Crippen LogP contribution >= 0.6 is 0 Å². The van der Waals surface area contributed by atoms with Gasteiger partial charge in [0.05, 0.1) is 0 Å². The van der Waals surface area contributed by atoms with Gasteiger partial charge in [-0.25, -0.2) is 4.98 Å². The van der Waals surface area contributed by atoms with Crippen LogP contribution in [0.5, 0.6) is 0 Å². The summed E-state index contributed by atoms with van der Waals surface area (Å²) in [5.41, 5.74) is 8.47. The fourth-order valence-electron chi connectivity index (χ4n) is 6.51. The van der Waals surface area contributed by atoms with Crippen LogP contribution < -0.4 is 5.73 Å². The number of carbonyl (C=O) groups is 1. The van der Waals surface area contributed by atoms with Gasteiger partial charge in [-0.05, 0) is 74.5 Å². The Labute approximate surface area is 154 Å². The molecule has 1 aromatic heterocycles. The van der Waals surface area contributed by atoms with E-state index in [2.05, 4.69) is 9.97 Å². The Bertz CT molecular complexity index is 788. The van der Waals surface area contributed by atoms with E-state index in [0.717, 1.165) is 47.7 Å². The fourth-order valence-corrected chi connectivity index (χ4v) is 6.51. The SMILES string of the molecule is NC(=O)c1nc(-c2ccccc2)[nH]c1CCC12CC3CC(CC(C3)C1)C2. The molecule has 0 spiro atoms. The smallest absolute Gasteiger partial charge is 0.269 e. The number of carbonyl (C=O) groups excluding carboxylic acids is 1. The van der Waals surface area contributed by atoms with Crippen molar-refractivity contribution in [1.29, 1.82) is 0 Å². The first kappa shape index (κ1) is 16.1. The van der Waals surface area contributed by atoms with E-state index in [1.807, 2.05) is 30.3 Å². The molecule has 6 rings (SSSR count). The van der Waals surface area contributed by atoms with Crippen molar-refractivity contribution in [3.05, 3.63) is 41.7 Å². The Morgan fingerprint density at radius 1 is 1.08 bits per heavy atom. The van der Waals surface area contributed by atoms with Crippen LogP contribution in [0.15, 0.2) is 30.3 Å². The highest BCUT2D eigenvalue weighted by atomic mass is 16.1. The van der Waals surface area contributed by atoms with Gasteiger partial charge in [0.2, 0.25) is 0 Å². The molecule has 0 atom stereocenters. The van der Waals surface area contributed by atoms with E-state index in [-0.39, 0.29) is 0 Å². The third-order valence-corrected chi connectivity index (χ3v) is 7.13. The standard InChI is InChI=1S/C22H27N3O/c23-20(26)19-18(24-21(25-19)17-4-2-1-3-5-17)6-7-22-11-14-8-15(12-22)10-16(9-14)13-22/h1-5,14-16H,6-13H2,(H2,23,26)(H,24,25). The summed E-state index contributed by atoms with van der Waals surface area (Å²) in [4.78, 5) is 19.8. The maximum absolute atomic E-state index is 11.9. The third kappa shape index (κ3) is 2.76. The van der Waals surface area contributed by atoms with E-state index >= 15 is 0 Å². The number of hydrogen-bond acceptors (Lipinski definition) is 2. The molecule has 4 saturated carbocycles. The number of aromatic nitrogens is 2. The van der Waals surface area contributed by atoms with Crippen LogP contribution in [-0.2, 0) is 6.42 Å². The first-order valence-corrected chi connectivity index (χ1v) is 10.0. The first-order valence-electron chi connectivity index (χ1n) is 10.0. The first-order chi connectivity index (χ1) is 12.6. The molecular formula is C22H27N3O. The minimum Gasteiger partial charge on any atom is -0.364 e. The number of nitrogens with one attached hydrogen (secondary N) is 1. The summed E-state index contributed by atoms with van der Waals surface area (Å²) in [6.07, 6.45) is 10.6. The largest absolute Gasteiger partial charge is 0.364 e. The lowest BCUT2D eigenvalue weighted by Gasteiger charge is -2.57. The summed E-state index contributed by atoms with van der Waals surface area (Å²) in [6.45, 7) is 0. The number of aromatic amines is 1. The van der Waals surface area contributed by atoms with E-state index in [1.165, 1.54) is 38.5 Å². The number of rotatable bonds is 5. The Morgan fingerprint density at radius 3 is 2.27 bits per heavy atom. The normalized spacial score (nSPS) is 32.1. The van der Waals surface area contributed by atoms with Gasteiger partial charge in [0.1, 0.15) is 11.5 Å². The molecule has 1 heterocycles. The van der Waals surface area contributed by atoms with Crippen molar-refractivity contribution >= 4 is 5.91 Å². The molecular weight excluding hydrogens is 322 g/mol. The summed E-state index contributed by atoms with van der Waals surface area (Å²) in [5.74, 6) is 3.19. The molecule has 4 heteroatoms. The Morgan fingerprint density at radius 2 is 1.69 bits per heavy atom. The quantitative estimate of drug-likeness (QED) is 0.843. The van der Waals surface area contributed by atoms with Crippen molar-refractivity contribution in [2.24, 2.45) is 28.9 Å². The molecule has 0 saturated heterocycles. The maximum atomic E-state index is 11.9. The van der Waals surface area contributed by atoms with Gasteiger partial charge in [-0.2, -0.15) is 0 Å². The van der Waals surface area contributed by atoms with E-state index in [9.17, 15) is 4.79 Å². The van der Waals surface area contributed by atoms with Gasteiger partial charge in [0, 0.05) is 11.3 Å². The van der Waals surface area contributed by atoms with Gasteiger partial charge in [-0.1, -0.05) is 30.3 Å². The fraction of sp³-hybridized carbons (Fsp3) is 0.545. The summed E-state index contributed by atoms with van der Waals surface area (Å²) in [6, 6.07) is 9.96. The molecule has 1 amide bonds. The number of aryl methyl sites for hydroxylation is 1. The molecule has 0 radical (unpaired) electrons. The molecule has 4 nitrogen and oxygen atoms in total. The highest BCUT2D eigenvalue weighted by Gasteiger charge is 2.50. The van der Waals surface area contributed by atoms with Gasteiger partial charge in [-0.3, -0.25) is 4.79 Å². The summed E-state index contributed by atoms with van der Waals surface area (Å²) >= 11 is 0. The lowest BCUT2D eigenvalue weighted by molar-refractivity contribution is -0.0570. The van der Waals surface area contributed by atoms with Crippen LogP contribution in [0.25, 0.3) is 11.4 Å². The van der Waals surface area contributed by atoms with Crippen molar-refractivity contribution < 1.29 is 4.79 Å². The number of primary amides is 1. The van der Waals surface area contributed by atoms with Crippen molar-refractivity contribution in [3.8, 4) is 11.4 Å². The van der Waals surface area contributed by atoms with Crippen molar-refractivity contribution in [3.63, 3.8) is 0 Å². The number of hydrogen-bond donors (Lipinski definition) is 2. The van der Waals surface area contributed by atoms with E-state index < -0.39 is 5.91 Å². The van der Waals surface area contributed by atoms with E-state index in [0.29, 0.717) is 11.1 Å². The van der Waals surface area contributed by atoms with Gasteiger partial charge in [0.25, 0.3) is 5.91 Å². The van der Waals surface area contributed by atoms with Gasteiger partial charge in [0.15, 0.2) is 0 Å². The number of amides is 1. The molecule has 2 aromatic rings.